The van der Waals surface area contributed by atoms with Gasteiger partial charge in [0.05, 0.1) is 11.1 Å². The third kappa shape index (κ3) is 5.35. The van der Waals surface area contributed by atoms with Crippen LogP contribution in [0.25, 0.3) is 10.2 Å². The van der Waals surface area contributed by atoms with Crippen LogP contribution in [0.1, 0.15) is 42.5 Å². The zero-order valence-corrected chi connectivity index (χ0v) is 20.3. The molecule has 6 nitrogen and oxygen atoms in total. The number of aromatic nitrogens is 2. The van der Waals surface area contributed by atoms with E-state index in [1.165, 1.54) is 16.9 Å². The van der Waals surface area contributed by atoms with E-state index in [1.807, 2.05) is 25.2 Å². The summed E-state index contributed by atoms with van der Waals surface area (Å²) in [5.41, 5.74) is 2.34. The molecular formula is C24H30N4O2S2. The molecule has 1 amide bonds. The number of likely N-dealkylation sites (N-methyl/N-ethyl adjacent to an activating group) is 1. The van der Waals surface area contributed by atoms with Crippen LogP contribution in [0.2, 0.25) is 0 Å². The van der Waals surface area contributed by atoms with Crippen molar-refractivity contribution in [3.8, 4) is 0 Å². The van der Waals surface area contributed by atoms with Crippen LogP contribution in [0.15, 0.2) is 35.1 Å². The quantitative estimate of drug-likeness (QED) is 0.460. The van der Waals surface area contributed by atoms with Gasteiger partial charge in [0, 0.05) is 42.4 Å². The molecule has 0 spiro atoms. The van der Waals surface area contributed by atoms with Gasteiger partial charge in [-0.15, -0.1) is 11.3 Å². The predicted molar refractivity (Wildman–Crippen MR) is 135 cm³/mol. The van der Waals surface area contributed by atoms with Crippen molar-refractivity contribution >= 4 is 44.9 Å². The summed E-state index contributed by atoms with van der Waals surface area (Å²) in [4.78, 5) is 36.9. The number of rotatable bonds is 9. The number of thiophene rings is 1. The summed E-state index contributed by atoms with van der Waals surface area (Å²) in [5, 5.41) is 3.83. The molecule has 1 aromatic carbocycles. The van der Waals surface area contributed by atoms with E-state index in [-0.39, 0.29) is 17.5 Å². The fourth-order valence-electron chi connectivity index (χ4n) is 4.02. The lowest BCUT2D eigenvalue weighted by molar-refractivity contribution is -0.120. The van der Waals surface area contributed by atoms with Gasteiger partial charge >= 0.3 is 0 Å². The summed E-state index contributed by atoms with van der Waals surface area (Å²) in [6.07, 6.45) is 4.85. The van der Waals surface area contributed by atoms with Crippen LogP contribution >= 0.6 is 23.1 Å². The average Bonchev–Trinajstić information content (AvgIpc) is 3.19. The highest BCUT2D eigenvalue weighted by molar-refractivity contribution is 7.98. The third-order valence-corrected chi connectivity index (χ3v) is 8.16. The highest BCUT2D eigenvalue weighted by atomic mass is 32.2. The Hall–Kier alpha value is -2.32. The van der Waals surface area contributed by atoms with Gasteiger partial charge in [0.15, 0.2) is 0 Å². The van der Waals surface area contributed by atoms with Gasteiger partial charge < -0.3 is 15.2 Å². The minimum atomic E-state index is -0.0146. The zero-order chi connectivity index (χ0) is 22.5. The van der Waals surface area contributed by atoms with Crippen LogP contribution in [-0.2, 0) is 23.4 Å². The lowest BCUT2D eigenvalue weighted by Crippen LogP contribution is -2.40. The van der Waals surface area contributed by atoms with Crippen molar-refractivity contribution in [2.75, 3.05) is 24.2 Å². The second-order valence-corrected chi connectivity index (χ2v) is 10.5. The molecule has 1 unspecified atom stereocenters. The number of anilines is 1. The van der Waals surface area contributed by atoms with Crippen LogP contribution in [0, 0.1) is 0 Å². The number of aryl methyl sites for hydroxylation is 2. The van der Waals surface area contributed by atoms with Crippen LogP contribution in [0.3, 0.4) is 0 Å². The van der Waals surface area contributed by atoms with E-state index in [4.69, 9.17) is 4.98 Å². The Morgan fingerprint density at radius 2 is 2.06 bits per heavy atom. The Morgan fingerprint density at radius 1 is 1.28 bits per heavy atom. The number of benzene rings is 1. The first-order valence-electron chi connectivity index (χ1n) is 11.2. The number of nitrogens with one attached hydrogen (secondary N) is 2. The van der Waals surface area contributed by atoms with Crippen molar-refractivity contribution in [1.82, 2.24) is 15.3 Å². The molecule has 2 aromatic heterocycles. The van der Waals surface area contributed by atoms with Gasteiger partial charge in [0.1, 0.15) is 10.7 Å². The summed E-state index contributed by atoms with van der Waals surface area (Å²) in [6, 6.07) is 10.4. The van der Waals surface area contributed by atoms with E-state index in [0.29, 0.717) is 30.3 Å². The zero-order valence-electron chi connectivity index (χ0n) is 18.6. The average molecular weight is 471 g/mol. The summed E-state index contributed by atoms with van der Waals surface area (Å²) < 4.78 is 0. The van der Waals surface area contributed by atoms with Crippen LogP contribution < -0.4 is 15.8 Å². The molecule has 8 heteroatoms. The van der Waals surface area contributed by atoms with Gasteiger partial charge in [-0.05, 0) is 50.3 Å². The summed E-state index contributed by atoms with van der Waals surface area (Å²) in [6.45, 7) is 2.70. The van der Waals surface area contributed by atoms with E-state index in [9.17, 15) is 9.59 Å². The Labute approximate surface area is 196 Å². The largest absolute Gasteiger partial charge is 0.370 e. The molecule has 0 saturated heterocycles. The van der Waals surface area contributed by atoms with Crippen molar-refractivity contribution in [2.24, 2.45) is 0 Å². The number of amides is 1. The number of carbonyl (C=O) groups is 1. The first-order valence-corrected chi connectivity index (χ1v) is 13.2. The van der Waals surface area contributed by atoms with Gasteiger partial charge in [-0.3, -0.25) is 9.59 Å². The molecule has 32 heavy (non-hydrogen) atoms. The maximum Gasteiger partial charge on any atom is 0.259 e. The van der Waals surface area contributed by atoms with Crippen LogP contribution in [0.4, 0.5) is 5.69 Å². The molecule has 0 bridgehead atoms. The summed E-state index contributed by atoms with van der Waals surface area (Å²) in [7, 11) is 2.04. The first-order chi connectivity index (χ1) is 15.5. The van der Waals surface area contributed by atoms with Crippen molar-refractivity contribution in [3.05, 3.63) is 57.0 Å². The number of nitrogens with zero attached hydrogens (tertiary/aromatic N) is 2. The number of para-hydroxylation sites is 1. The molecule has 0 aliphatic heterocycles. The standard InChI is InChI=1S/C24H30N4O2S2/c1-16(28(2)17-8-4-3-5-9-17)14-25-21(29)12-13-31-15-20-26-23(30)22-18-10-6-7-11-19(18)32-24(22)27-20/h3-5,8-9,16H,6-7,10-15H2,1-2H3,(H,25,29)(H,26,27,30). The smallest absolute Gasteiger partial charge is 0.259 e. The molecule has 1 atom stereocenters. The molecule has 1 aliphatic rings. The second-order valence-electron chi connectivity index (χ2n) is 8.31. The lowest BCUT2D eigenvalue weighted by atomic mass is 9.97. The molecule has 2 heterocycles. The molecule has 1 aliphatic carbocycles. The topological polar surface area (TPSA) is 78.1 Å². The maximum absolute atomic E-state index is 12.6. The predicted octanol–water partition coefficient (Wildman–Crippen LogP) is 4.13. The number of H-pyrrole nitrogens is 1. The molecule has 0 saturated carbocycles. The molecule has 3 aromatic rings. The van der Waals surface area contributed by atoms with Gasteiger partial charge in [-0.1, -0.05) is 18.2 Å². The minimum Gasteiger partial charge on any atom is -0.370 e. The summed E-state index contributed by atoms with van der Waals surface area (Å²) >= 11 is 3.30. The SMILES string of the molecule is CC(CNC(=O)CCSCc1nc2sc3c(c2c(=O)[nH]1)CCCC3)N(C)c1ccccc1. The Morgan fingerprint density at radius 3 is 2.88 bits per heavy atom. The van der Waals surface area contributed by atoms with E-state index in [1.54, 1.807) is 23.1 Å². The molecule has 2 N–H and O–H groups in total. The number of thioether (sulfide) groups is 1. The molecule has 170 valence electrons. The van der Waals surface area contributed by atoms with Crippen molar-refractivity contribution in [2.45, 2.75) is 50.8 Å². The highest BCUT2D eigenvalue weighted by Gasteiger charge is 2.19. The number of aromatic amines is 1. The maximum atomic E-state index is 12.6. The monoisotopic (exact) mass is 470 g/mol. The summed E-state index contributed by atoms with van der Waals surface area (Å²) in [5.74, 6) is 2.05. The van der Waals surface area contributed by atoms with E-state index in [0.717, 1.165) is 35.2 Å². The minimum absolute atomic E-state index is 0.0146. The fraction of sp³-hybridized carbons (Fsp3) is 0.458. The molecule has 0 fully saturated rings. The molecular weight excluding hydrogens is 440 g/mol. The number of hydrogen-bond donors (Lipinski definition) is 2. The van der Waals surface area contributed by atoms with Crippen LogP contribution in [-0.4, -0.2) is 41.3 Å². The normalized spacial score (nSPS) is 14.2. The van der Waals surface area contributed by atoms with Gasteiger partial charge in [-0.2, -0.15) is 11.8 Å². The Balaban J connectivity index is 1.22. The van der Waals surface area contributed by atoms with E-state index in [2.05, 4.69) is 34.3 Å². The van der Waals surface area contributed by atoms with Crippen molar-refractivity contribution < 1.29 is 4.79 Å². The molecule has 0 radical (unpaired) electrons. The third-order valence-electron chi connectivity index (χ3n) is 6.01. The fourth-order valence-corrected chi connectivity index (χ4v) is 6.10. The first kappa shape index (κ1) is 22.9. The van der Waals surface area contributed by atoms with E-state index >= 15 is 0 Å². The molecule has 4 rings (SSSR count). The van der Waals surface area contributed by atoms with Crippen LogP contribution in [0.5, 0.6) is 0 Å². The van der Waals surface area contributed by atoms with E-state index < -0.39 is 0 Å². The lowest BCUT2D eigenvalue weighted by Gasteiger charge is -2.27. The highest BCUT2D eigenvalue weighted by Crippen LogP contribution is 2.33. The second kappa shape index (κ2) is 10.5. The Kier molecular flexibility index (Phi) is 7.52. The van der Waals surface area contributed by atoms with Gasteiger partial charge in [-0.25, -0.2) is 4.98 Å². The number of fused-ring (bicyclic) bond motifs is 3. The number of hydrogen-bond acceptors (Lipinski definition) is 6. The Bertz CT molecular complexity index is 1130. The van der Waals surface area contributed by atoms with Crippen molar-refractivity contribution in [3.63, 3.8) is 0 Å². The van der Waals surface area contributed by atoms with Gasteiger partial charge in [0.25, 0.3) is 5.56 Å². The van der Waals surface area contributed by atoms with Crippen molar-refractivity contribution in [1.29, 1.82) is 0 Å². The van der Waals surface area contributed by atoms with Gasteiger partial charge in [0.2, 0.25) is 5.91 Å². The number of carbonyl (C=O) groups excluding carboxylic acids is 1.